The molecule has 0 atom stereocenters. The molecule has 0 aromatic carbocycles. The number of nitrogens with one attached hydrogen (secondary N) is 1. The number of pyridine rings is 1. The average Bonchev–Trinajstić information content (AvgIpc) is 2.60. The molecule has 0 unspecified atom stereocenters. The maximum absolute atomic E-state index is 12.1. The van der Waals surface area contributed by atoms with Crippen molar-refractivity contribution in [2.75, 3.05) is 0 Å². The van der Waals surface area contributed by atoms with Crippen molar-refractivity contribution in [3.05, 3.63) is 24.7 Å². The van der Waals surface area contributed by atoms with E-state index < -0.39 is 21.5 Å². The molecule has 2 aromatic heterocycles. The van der Waals surface area contributed by atoms with Crippen molar-refractivity contribution >= 4 is 20.9 Å². The Balaban J connectivity index is 2.44. The summed E-state index contributed by atoms with van der Waals surface area (Å²) in [7, 11) is -5.67. The fourth-order valence-electron chi connectivity index (χ4n) is 1.17. The molecule has 92 valence electrons. The van der Waals surface area contributed by atoms with Gasteiger partial charge in [0.1, 0.15) is 0 Å². The van der Waals surface area contributed by atoms with Crippen molar-refractivity contribution < 1.29 is 25.8 Å². The van der Waals surface area contributed by atoms with Crippen LogP contribution in [0.4, 0.5) is 13.2 Å². The highest BCUT2D eigenvalue weighted by molar-refractivity contribution is 7.88. The van der Waals surface area contributed by atoms with Crippen molar-refractivity contribution in [2.45, 2.75) is 5.51 Å². The van der Waals surface area contributed by atoms with Gasteiger partial charge in [0.2, 0.25) is 5.88 Å². The number of hydrogen-bond donors (Lipinski definition) is 1. The van der Waals surface area contributed by atoms with E-state index in [0.29, 0.717) is 5.39 Å². The van der Waals surface area contributed by atoms with Gasteiger partial charge in [-0.2, -0.15) is 21.6 Å². The third-order valence-electron chi connectivity index (χ3n) is 1.93. The molecule has 0 aliphatic rings. The molecular formula is C8H5F3N2O3S. The minimum atomic E-state index is -5.67. The molecule has 9 heteroatoms. The van der Waals surface area contributed by atoms with Crippen LogP contribution in [-0.4, -0.2) is 23.9 Å². The number of aromatic amines is 1. The van der Waals surface area contributed by atoms with Crippen molar-refractivity contribution in [2.24, 2.45) is 0 Å². The number of halogens is 3. The van der Waals surface area contributed by atoms with Crippen molar-refractivity contribution in [1.82, 2.24) is 9.97 Å². The molecule has 0 spiro atoms. The summed E-state index contributed by atoms with van der Waals surface area (Å²) in [6.45, 7) is 0. The van der Waals surface area contributed by atoms with E-state index in [0.717, 1.165) is 0 Å². The largest absolute Gasteiger partial charge is 0.534 e. The van der Waals surface area contributed by atoms with Gasteiger partial charge in [-0.15, -0.1) is 0 Å². The second kappa shape index (κ2) is 3.62. The summed E-state index contributed by atoms with van der Waals surface area (Å²) in [4.78, 5) is 5.96. The van der Waals surface area contributed by atoms with Gasteiger partial charge in [-0.1, -0.05) is 0 Å². The number of aromatic nitrogens is 2. The lowest BCUT2D eigenvalue weighted by Crippen LogP contribution is -2.28. The van der Waals surface area contributed by atoms with Gasteiger partial charge in [0.05, 0.1) is 5.39 Å². The molecule has 2 aromatic rings. The van der Waals surface area contributed by atoms with E-state index in [1.165, 1.54) is 24.7 Å². The maximum Gasteiger partial charge on any atom is 0.534 e. The minimum absolute atomic E-state index is 0.153. The zero-order chi connectivity index (χ0) is 12.7. The number of fused-ring (bicyclic) bond motifs is 1. The van der Waals surface area contributed by atoms with Crippen LogP contribution in [0.5, 0.6) is 5.88 Å². The normalized spacial score (nSPS) is 12.9. The van der Waals surface area contributed by atoms with E-state index in [2.05, 4.69) is 14.2 Å². The molecule has 1 N–H and O–H groups in total. The van der Waals surface area contributed by atoms with Crippen LogP contribution in [0, 0.1) is 0 Å². The SMILES string of the molecule is O=S(=O)(Oc1[nH]cc2ccncc12)C(F)(F)F. The summed E-state index contributed by atoms with van der Waals surface area (Å²) >= 11 is 0. The Kier molecular flexibility index (Phi) is 2.49. The van der Waals surface area contributed by atoms with Gasteiger partial charge in [-0.3, -0.25) is 4.98 Å². The maximum atomic E-state index is 12.1. The van der Waals surface area contributed by atoms with Crippen LogP contribution in [0.2, 0.25) is 0 Å². The fourth-order valence-corrected chi connectivity index (χ4v) is 1.62. The monoisotopic (exact) mass is 266 g/mol. The molecule has 17 heavy (non-hydrogen) atoms. The molecular weight excluding hydrogens is 261 g/mol. The van der Waals surface area contributed by atoms with Crippen LogP contribution in [0.25, 0.3) is 10.8 Å². The lowest BCUT2D eigenvalue weighted by atomic mass is 10.3. The van der Waals surface area contributed by atoms with E-state index in [9.17, 15) is 21.6 Å². The second-order valence-corrected chi connectivity index (χ2v) is 4.60. The number of alkyl halides is 3. The molecule has 2 rings (SSSR count). The van der Waals surface area contributed by atoms with E-state index in [1.54, 1.807) is 0 Å². The van der Waals surface area contributed by atoms with Gasteiger partial charge >= 0.3 is 15.6 Å². The van der Waals surface area contributed by atoms with E-state index in [1.807, 2.05) is 0 Å². The molecule has 0 saturated heterocycles. The summed E-state index contributed by atoms with van der Waals surface area (Å²) < 4.78 is 61.8. The first-order chi connectivity index (χ1) is 7.81. The van der Waals surface area contributed by atoms with Gasteiger partial charge in [0.25, 0.3) is 0 Å². The summed E-state index contributed by atoms with van der Waals surface area (Å²) in [6.07, 6.45) is 3.93. The Morgan fingerprint density at radius 1 is 1.35 bits per heavy atom. The van der Waals surface area contributed by atoms with Crippen molar-refractivity contribution in [3.63, 3.8) is 0 Å². The van der Waals surface area contributed by atoms with Gasteiger partial charge < -0.3 is 9.17 Å². The Bertz CT molecular complexity index is 647. The van der Waals surface area contributed by atoms with Crippen LogP contribution < -0.4 is 4.18 Å². The minimum Gasteiger partial charge on any atom is -0.357 e. The third kappa shape index (κ3) is 2.05. The van der Waals surface area contributed by atoms with Gasteiger partial charge in [0, 0.05) is 24.0 Å². The molecule has 0 aliphatic carbocycles. The molecule has 0 saturated carbocycles. The van der Waals surface area contributed by atoms with Crippen LogP contribution in [-0.2, 0) is 10.1 Å². The van der Waals surface area contributed by atoms with E-state index >= 15 is 0 Å². The Hall–Kier alpha value is -1.77. The lowest BCUT2D eigenvalue weighted by molar-refractivity contribution is -0.0500. The highest BCUT2D eigenvalue weighted by atomic mass is 32.2. The summed E-state index contributed by atoms with van der Waals surface area (Å²) in [5.74, 6) is -0.509. The highest BCUT2D eigenvalue weighted by Crippen LogP contribution is 2.30. The molecule has 0 amide bonds. The van der Waals surface area contributed by atoms with Crippen LogP contribution in [0.1, 0.15) is 0 Å². The Morgan fingerprint density at radius 2 is 2.06 bits per heavy atom. The topological polar surface area (TPSA) is 72.1 Å². The summed E-state index contributed by atoms with van der Waals surface area (Å²) in [5.41, 5.74) is -5.47. The number of nitrogens with zero attached hydrogens (tertiary/aromatic N) is 1. The van der Waals surface area contributed by atoms with Gasteiger partial charge in [0.15, 0.2) is 0 Å². The number of rotatable bonds is 2. The molecule has 5 nitrogen and oxygen atoms in total. The quantitative estimate of drug-likeness (QED) is 0.664. The van der Waals surface area contributed by atoms with Crippen LogP contribution in [0.3, 0.4) is 0 Å². The molecule has 0 bridgehead atoms. The first-order valence-electron chi connectivity index (χ1n) is 4.23. The lowest BCUT2D eigenvalue weighted by Gasteiger charge is -2.07. The van der Waals surface area contributed by atoms with Crippen LogP contribution in [0.15, 0.2) is 24.7 Å². The molecule has 0 radical (unpaired) electrons. The second-order valence-electron chi connectivity index (χ2n) is 3.06. The van der Waals surface area contributed by atoms with Crippen LogP contribution >= 0.6 is 0 Å². The number of hydrogen-bond acceptors (Lipinski definition) is 4. The zero-order valence-corrected chi connectivity index (χ0v) is 8.84. The predicted molar refractivity (Wildman–Crippen MR) is 51.7 cm³/mol. The Morgan fingerprint density at radius 3 is 2.71 bits per heavy atom. The fraction of sp³-hybridized carbons (Fsp3) is 0.125. The van der Waals surface area contributed by atoms with E-state index in [4.69, 9.17) is 0 Å². The number of H-pyrrole nitrogens is 1. The highest BCUT2D eigenvalue weighted by Gasteiger charge is 2.49. The van der Waals surface area contributed by atoms with Gasteiger partial charge in [-0.25, -0.2) is 0 Å². The molecule has 0 aliphatic heterocycles. The summed E-state index contributed by atoms with van der Waals surface area (Å²) in [5, 5.41) is 0.646. The predicted octanol–water partition coefficient (Wildman–Crippen LogP) is 1.79. The summed E-state index contributed by atoms with van der Waals surface area (Å²) in [6, 6.07) is 1.50. The average molecular weight is 266 g/mol. The molecule has 2 heterocycles. The van der Waals surface area contributed by atoms with E-state index in [-0.39, 0.29) is 5.39 Å². The zero-order valence-electron chi connectivity index (χ0n) is 8.02. The first kappa shape index (κ1) is 11.7. The smallest absolute Gasteiger partial charge is 0.357 e. The van der Waals surface area contributed by atoms with Crippen molar-refractivity contribution in [3.8, 4) is 5.88 Å². The standard InChI is InChI=1S/C8H5F3N2O3S/c9-8(10,11)17(14,15)16-7-6-4-12-2-1-5(6)3-13-7/h1-4,13H. The Labute approximate surface area is 93.4 Å². The van der Waals surface area contributed by atoms with Crippen molar-refractivity contribution in [1.29, 1.82) is 0 Å². The first-order valence-corrected chi connectivity index (χ1v) is 5.64. The van der Waals surface area contributed by atoms with Gasteiger partial charge in [-0.05, 0) is 6.07 Å². The molecule has 0 fully saturated rings. The third-order valence-corrected chi connectivity index (χ3v) is 2.89.